The van der Waals surface area contributed by atoms with Crippen LogP contribution in [0.15, 0.2) is 60.7 Å². The van der Waals surface area contributed by atoms with Crippen LogP contribution in [-0.2, 0) is 12.6 Å². The number of benzene rings is 3. The Labute approximate surface area is 188 Å². The van der Waals surface area contributed by atoms with Crippen molar-refractivity contribution in [3.05, 3.63) is 82.9 Å². The predicted molar refractivity (Wildman–Crippen MR) is 126 cm³/mol. The largest absolute Gasteiger partial charge is 0.416 e. The molecule has 0 aliphatic heterocycles. The SMILES string of the molecule is CCCCCC[C@@H]1CCc2c(ccc3ccccc23)[C@H]1C#Cc1ccc(C(F)(F)F)cc1. The van der Waals surface area contributed by atoms with Crippen LogP contribution < -0.4 is 0 Å². The van der Waals surface area contributed by atoms with Crippen molar-refractivity contribution in [1.29, 1.82) is 0 Å². The third-order valence-corrected chi connectivity index (χ3v) is 6.66. The van der Waals surface area contributed by atoms with Crippen LogP contribution in [0, 0.1) is 17.8 Å². The van der Waals surface area contributed by atoms with Gasteiger partial charge >= 0.3 is 6.18 Å². The Morgan fingerprint density at radius 1 is 0.906 bits per heavy atom. The number of alkyl halides is 3. The van der Waals surface area contributed by atoms with Gasteiger partial charge in [0.05, 0.1) is 5.56 Å². The number of fused-ring (bicyclic) bond motifs is 3. The molecule has 0 saturated carbocycles. The lowest BCUT2D eigenvalue weighted by Crippen LogP contribution is -2.20. The first kappa shape index (κ1) is 22.5. The minimum atomic E-state index is -4.32. The Hall–Kier alpha value is -2.73. The van der Waals surface area contributed by atoms with Gasteiger partial charge in [0.1, 0.15) is 0 Å². The molecule has 1 aliphatic carbocycles. The molecule has 0 N–H and O–H groups in total. The number of hydrogen-bond donors (Lipinski definition) is 0. The first-order valence-electron chi connectivity index (χ1n) is 11.7. The highest BCUT2D eigenvalue weighted by Gasteiger charge is 2.30. The molecule has 0 nitrogen and oxygen atoms in total. The number of rotatable bonds is 5. The van der Waals surface area contributed by atoms with Crippen molar-refractivity contribution in [2.75, 3.05) is 0 Å². The summed E-state index contributed by atoms with van der Waals surface area (Å²) < 4.78 is 38.6. The summed E-state index contributed by atoms with van der Waals surface area (Å²) in [5.41, 5.74) is 2.69. The van der Waals surface area contributed by atoms with Crippen LogP contribution >= 0.6 is 0 Å². The Balaban J connectivity index is 1.66. The lowest BCUT2D eigenvalue weighted by molar-refractivity contribution is -0.137. The van der Waals surface area contributed by atoms with Gasteiger partial charge in [-0.15, -0.1) is 0 Å². The highest BCUT2D eigenvalue weighted by molar-refractivity contribution is 5.87. The van der Waals surface area contributed by atoms with Gasteiger partial charge in [-0.2, -0.15) is 13.2 Å². The van der Waals surface area contributed by atoms with Crippen molar-refractivity contribution < 1.29 is 13.2 Å². The monoisotopic (exact) mass is 434 g/mol. The molecular formula is C29H29F3. The second kappa shape index (κ2) is 9.82. The van der Waals surface area contributed by atoms with Crippen molar-refractivity contribution >= 4 is 10.8 Å². The zero-order valence-electron chi connectivity index (χ0n) is 18.5. The zero-order valence-corrected chi connectivity index (χ0v) is 18.5. The highest BCUT2D eigenvalue weighted by Crippen LogP contribution is 2.41. The zero-order chi connectivity index (χ0) is 22.6. The van der Waals surface area contributed by atoms with E-state index >= 15 is 0 Å². The molecule has 3 aromatic rings. The molecule has 2 atom stereocenters. The van der Waals surface area contributed by atoms with E-state index < -0.39 is 11.7 Å². The van der Waals surface area contributed by atoms with Crippen LogP contribution in [0.5, 0.6) is 0 Å². The molecule has 0 spiro atoms. The molecule has 4 rings (SSSR count). The number of aryl methyl sites for hydroxylation is 1. The van der Waals surface area contributed by atoms with Gasteiger partial charge in [-0.1, -0.05) is 80.8 Å². The first-order valence-corrected chi connectivity index (χ1v) is 11.7. The van der Waals surface area contributed by atoms with E-state index in [1.807, 2.05) is 0 Å². The van der Waals surface area contributed by atoms with Crippen molar-refractivity contribution in [2.45, 2.75) is 64.0 Å². The van der Waals surface area contributed by atoms with E-state index in [0.29, 0.717) is 11.5 Å². The standard InChI is InChI=1S/C29H29F3/c1-2-3-4-5-8-23-15-19-27-25-10-7-6-9-22(25)14-20-28(27)26(23)18-13-21-11-16-24(17-12-21)29(30,31)32/h6-7,9-12,14,16-17,20,23,26H,2-5,8,15,19H2,1H3/t23-,26+/m1/s1. The lowest BCUT2D eigenvalue weighted by atomic mass is 9.72. The molecule has 0 radical (unpaired) electrons. The third kappa shape index (κ3) is 5.01. The highest BCUT2D eigenvalue weighted by atomic mass is 19.4. The molecule has 0 fully saturated rings. The molecule has 0 bridgehead atoms. The smallest absolute Gasteiger partial charge is 0.166 e. The van der Waals surface area contributed by atoms with Gasteiger partial charge in [-0.05, 0) is 71.3 Å². The van der Waals surface area contributed by atoms with Gasteiger partial charge in [0.25, 0.3) is 0 Å². The number of halogens is 3. The number of unbranched alkanes of at least 4 members (excludes halogenated alkanes) is 3. The van der Waals surface area contributed by atoms with E-state index in [-0.39, 0.29) is 5.92 Å². The van der Waals surface area contributed by atoms with Gasteiger partial charge in [-0.3, -0.25) is 0 Å². The summed E-state index contributed by atoms with van der Waals surface area (Å²) in [6, 6.07) is 18.1. The van der Waals surface area contributed by atoms with E-state index in [1.165, 1.54) is 59.7 Å². The predicted octanol–water partition coefficient (Wildman–Crippen LogP) is 8.53. The van der Waals surface area contributed by atoms with E-state index in [1.54, 1.807) is 0 Å². The summed E-state index contributed by atoms with van der Waals surface area (Å²) in [7, 11) is 0. The maximum atomic E-state index is 12.9. The maximum Gasteiger partial charge on any atom is 0.416 e. The second-order valence-corrected chi connectivity index (χ2v) is 8.82. The molecule has 0 aromatic heterocycles. The summed E-state index contributed by atoms with van der Waals surface area (Å²) in [6.45, 7) is 2.22. The Morgan fingerprint density at radius 2 is 1.69 bits per heavy atom. The van der Waals surface area contributed by atoms with Gasteiger partial charge < -0.3 is 0 Å². The summed E-state index contributed by atoms with van der Waals surface area (Å²) in [6.07, 6.45) is 3.94. The van der Waals surface area contributed by atoms with E-state index in [0.717, 1.165) is 31.4 Å². The molecular weight excluding hydrogens is 405 g/mol. The lowest BCUT2D eigenvalue weighted by Gasteiger charge is -2.31. The van der Waals surface area contributed by atoms with Gasteiger partial charge in [0.2, 0.25) is 0 Å². The van der Waals surface area contributed by atoms with Crippen LogP contribution in [0.3, 0.4) is 0 Å². The van der Waals surface area contributed by atoms with Crippen molar-refractivity contribution in [3.8, 4) is 11.8 Å². The Kier molecular flexibility index (Phi) is 6.89. The van der Waals surface area contributed by atoms with Gasteiger partial charge in [0, 0.05) is 11.5 Å². The second-order valence-electron chi connectivity index (χ2n) is 8.82. The molecule has 3 aromatic carbocycles. The quantitative estimate of drug-likeness (QED) is 0.279. The van der Waals surface area contributed by atoms with E-state index in [9.17, 15) is 13.2 Å². The Bertz CT molecular complexity index is 1110. The molecule has 0 saturated heterocycles. The normalized spacial score (nSPS) is 18.1. The fraction of sp³-hybridized carbons (Fsp3) is 0.379. The summed E-state index contributed by atoms with van der Waals surface area (Å²) >= 11 is 0. The van der Waals surface area contributed by atoms with Crippen LogP contribution in [0.25, 0.3) is 10.8 Å². The van der Waals surface area contributed by atoms with Crippen molar-refractivity contribution in [1.82, 2.24) is 0 Å². The fourth-order valence-electron chi connectivity index (χ4n) is 4.92. The molecule has 0 heterocycles. The van der Waals surface area contributed by atoms with E-state index in [2.05, 4.69) is 55.2 Å². The van der Waals surface area contributed by atoms with E-state index in [4.69, 9.17) is 0 Å². The fourth-order valence-corrected chi connectivity index (χ4v) is 4.92. The molecule has 0 unspecified atom stereocenters. The van der Waals surface area contributed by atoms with Crippen LogP contribution in [0.4, 0.5) is 13.2 Å². The van der Waals surface area contributed by atoms with Crippen molar-refractivity contribution in [3.63, 3.8) is 0 Å². The van der Waals surface area contributed by atoms with Crippen LogP contribution in [0.2, 0.25) is 0 Å². The Morgan fingerprint density at radius 3 is 2.44 bits per heavy atom. The summed E-state index contributed by atoms with van der Waals surface area (Å²) in [5, 5.41) is 2.55. The topological polar surface area (TPSA) is 0 Å². The minimum absolute atomic E-state index is 0.118. The van der Waals surface area contributed by atoms with Crippen LogP contribution in [-0.4, -0.2) is 0 Å². The van der Waals surface area contributed by atoms with Crippen LogP contribution in [0.1, 0.15) is 73.6 Å². The maximum absolute atomic E-state index is 12.9. The number of hydrogen-bond acceptors (Lipinski definition) is 0. The molecule has 1 aliphatic rings. The van der Waals surface area contributed by atoms with Gasteiger partial charge in [0.15, 0.2) is 0 Å². The average Bonchev–Trinajstić information content (AvgIpc) is 2.80. The summed E-state index contributed by atoms with van der Waals surface area (Å²) in [4.78, 5) is 0. The molecule has 32 heavy (non-hydrogen) atoms. The third-order valence-electron chi connectivity index (χ3n) is 6.66. The molecule has 0 amide bonds. The first-order chi connectivity index (χ1) is 15.5. The van der Waals surface area contributed by atoms with Gasteiger partial charge in [-0.25, -0.2) is 0 Å². The molecule has 3 heteroatoms. The average molecular weight is 435 g/mol. The summed E-state index contributed by atoms with van der Waals surface area (Å²) in [5.74, 6) is 7.28. The minimum Gasteiger partial charge on any atom is -0.166 e. The van der Waals surface area contributed by atoms with Crippen molar-refractivity contribution in [2.24, 2.45) is 5.92 Å². The molecule has 166 valence electrons.